The van der Waals surface area contributed by atoms with Crippen LogP contribution in [0.25, 0.3) is 0 Å². The van der Waals surface area contributed by atoms with Crippen molar-refractivity contribution >= 4 is 18.0 Å². The van der Waals surface area contributed by atoms with Gasteiger partial charge in [0, 0.05) is 13.0 Å². The minimum Gasteiger partial charge on any atom is -0.508 e. The van der Waals surface area contributed by atoms with E-state index in [1.165, 1.54) is 17.0 Å². The summed E-state index contributed by atoms with van der Waals surface area (Å²) in [7, 11) is 0. The van der Waals surface area contributed by atoms with Gasteiger partial charge in [-0.15, -0.1) is 0 Å². The third kappa shape index (κ3) is 7.33. The van der Waals surface area contributed by atoms with Crippen molar-refractivity contribution in [1.29, 1.82) is 0 Å². The Labute approximate surface area is 215 Å². The Morgan fingerprint density at radius 1 is 0.838 bits per heavy atom. The lowest BCUT2D eigenvalue weighted by molar-refractivity contribution is -0.149. The second-order valence-corrected chi connectivity index (χ2v) is 8.92. The molecule has 8 heteroatoms. The number of rotatable bonds is 9. The van der Waals surface area contributed by atoms with Gasteiger partial charge < -0.3 is 19.9 Å². The number of likely N-dealkylation sites (tertiary alicyclic amines) is 1. The Morgan fingerprint density at radius 3 is 2.05 bits per heavy atom. The predicted molar refractivity (Wildman–Crippen MR) is 136 cm³/mol. The van der Waals surface area contributed by atoms with Gasteiger partial charge in [0.2, 0.25) is 5.91 Å². The molecule has 0 aromatic heterocycles. The van der Waals surface area contributed by atoms with Gasteiger partial charge in [-0.05, 0) is 41.7 Å². The van der Waals surface area contributed by atoms with E-state index in [0.717, 1.165) is 16.7 Å². The molecular weight excluding hydrogens is 472 g/mol. The SMILES string of the molecule is O=C(OCc1ccccc1)[C@H](Cc1ccc(O)cc1)NC(=O)[C@@H]1CCCN1C(=O)OCc1ccccc1. The maximum atomic E-state index is 13.3. The zero-order chi connectivity index (χ0) is 26.0. The summed E-state index contributed by atoms with van der Waals surface area (Å²) >= 11 is 0. The van der Waals surface area contributed by atoms with Gasteiger partial charge in [-0.2, -0.15) is 0 Å². The fourth-order valence-corrected chi connectivity index (χ4v) is 4.22. The first kappa shape index (κ1) is 25.8. The summed E-state index contributed by atoms with van der Waals surface area (Å²) in [4.78, 5) is 40.4. The quantitative estimate of drug-likeness (QED) is 0.429. The normalized spacial score (nSPS) is 15.6. The molecule has 0 radical (unpaired) electrons. The van der Waals surface area contributed by atoms with Crippen LogP contribution in [0.1, 0.15) is 29.5 Å². The monoisotopic (exact) mass is 502 g/mol. The van der Waals surface area contributed by atoms with Gasteiger partial charge in [-0.25, -0.2) is 9.59 Å². The molecule has 4 rings (SSSR count). The van der Waals surface area contributed by atoms with Crippen molar-refractivity contribution in [2.75, 3.05) is 6.54 Å². The number of carbonyl (C=O) groups is 3. The molecule has 2 atom stereocenters. The smallest absolute Gasteiger partial charge is 0.410 e. The average molecular weight is 503 g/mol. The van der Waals surface area contributed by atoms with Gasteiger partial charge in [-0.1, -0.05) is 72.8 Å². The van der Waals surface area contributed by atoms with E-state index in [9.17, 15) is 19.5 Å². The van der Waals surface area contributed by atoms with Crippen LogP contribution in [0.15, 0.2) is 84.9 Å². The van der Waals surface area contributed by atoms with Gasteiger partial charge in [0.15, 0.2) is 0 Å². The van der Waals surface area contributed by atoms with Gasteiger partial charge >= 0.3 is 12.1 Å². The van der Waals surface area contributed by atoms with E-state index in [1.54, 1.807) is 12.1 Å². The molecule has 0 saturated carbocycles. The topological polar surface area (TPSA) is 105 Å². The minimum atomic E-state index is -0.969. The largest absolute Gasteiger partial charge is 0.508 e. The number of nitrogens with zero attached hydrogens (tertiary/aromatic N) is 1. The number of phenols is 1. The van der Waals surface area contributed by atoms with E-state index in [-0.39, 0.29) is 25.4 Å². The highest BCUT2D eigenvalue weighted by atomic mass is 16.6. The average Bonchev–Trinajstić information content (AvgIpc) is 3.43. The van der Waals surface area contributed by atoms with Crippen LogP contribution in [0.2, 0.25) is 0 Å². The number of phenolic OH excluding ortho intramolecular Hbond substituents is 1. The summed E-state index contributed by atoms with van der Waals surface area (Å²) in [6.45, 7) is 0.579. The number of nitrogens with one attached hydrogen (secondary N) is 1. The highest BCUT2D eigenvalue weighted by molar-refractivity contribution is 5.90. The lowest BCUT2D eigenvalue weighted by atomic mass is 10.0. The molecule has 1 aliphatic heterocycles. The second-order valence-electron chi connectivity index (χ2n) is 8.92. The molecule has 3 aromatic rings. The summed E-state index contributed by atoms with van der Waals surface area (Å²) in [6.07, 6.45) is 0.727. The van der Waals surface area contributed by atoms with Crippen molar-refractivity contribution in [3.8, 4) is 5.75 Å². The standard InChI is InChI=1S/C29H30N2O6/c32-24-15-13-21(14-16-24)18-25(28(34)36-19-22-8-3-1-4-9-22)30-27(33)26-12-7-17-31(26)29(35)37-20-23-10-5-2-6-11-23/h1-6,8-11,13-16,25-26,32H,7,12,17-20H2,(H,30,33)/t25-,26-/m0/s1. The molecule has 0 aliphatic carbocycles. The highest BCUT2D eigenvalue weighted by Gasteiger charge is 2.37. The Morgan fingerprint density at radius 2 is 1.43 bits per heavy atom. The number of amides is 2. The Hall–Kier alpha value is -4.33. The summed E-state index contributed by atoms with van der Waals surface area (Å²) in [5.74, 6) is -0.914. The molecule has 0 spiro atoms. The van der Waals surface area contributed by atoms with Crippen LogP contribution in [0.5, 0.6) is 5.75 Å². The summed E-state index contributed by atoms with van der Waals surface area (Å²) in [5.41, 5.74) is 2.42. The maximum Gasteiger partial charge on any atom is 0.410 e. The van der Waals surface area contributed by atoms with E-state index in [2.05, 4.69) is 5.32 Å². The van der Waals surface area contributed by atoms with Gasteiger partial charge in [0.1, 0.15) is 31.0 Å². The molecule has 2 amide bonds. The Kier molecular flexibility index (Phi) is 8.75. The van der Waals surface area contributed by atoms with E-state index < -0.39 is 30.1 Å². The van der Waals surface area contributed by atoms with Crippen LogP contribution < -0.4 is 5.32 Å². The van der Waals surface area contributed by atoms with Crippen LogP contribution in [0.3, 0.4) is 0 Å². The lowest BCUT2D eigenvalue weighted by Crippen LogP contribution is -2.52. The molecule has 0 unspecified atom stereocenters. The lowest BCUT2D eigenvalue weighted by Gasteiger charge is -2.25. The molecule has 1 aliphatic rings. The third-order valence-electron chi connectivity index (χ3n) is 6.20. The van der Waals surface area contributed by atoms with Crippen molar-refractivity contribution in [1.82, 2.24) is 10.2 Å². The summed E-state index contributed by atoms with van der Waals surface area (Å²) < 4.78 is 10.9. The molecule has 1 saturated heterocycles. The van der Waals surface area contributed by atoms with Gasteiger partial charge in [0.05, 0.1) is 0 Å². The molecule has 1 fully saturated rings. The molecule has 8 nitrogen and oxygen atoms in total. The van der Waals surface area contributed by atoms with E-state index in [4.69, 9.17) is 9.47 Å². The Balaban J connectivity index is 1.41. The maximum absolute atomic E-state index is 13.3. The van der Waals surface area contributed by atoms with Crippen molar-refractivity contribution in [2.24, 2.45) is 0 Å². The molecule has 192 valence electrons. The number of benzene rings is 3. The van der Waals surface area contributed by atoms with Crippen LogP contribution in [-0.4, -0.2) is 46.6 Å². The molecule has 2 N–H and O–H groups in total. The first-order valence-corrected chi connectivity index (χ1v) is 12.3. The molecular formula is C29H30N2O6. The number of hydrogen-bond acceptors (Lipinski definition) is 6. The van der Waals surface area contributed by atoms with Crippen molar-refractivity contribution in [3.63, 3.8) is 0 Å². The van der Waals surface area contributed by atoms with Gasteiger partial charge in [0.25, 0.3) is 0 Å². The number of ether oxygens (including phenoxy) is 2. The summed E-state index contributed by atoms with van der Waals surface area (Å²) in [5, 5.41) is 12.4. The van der Waals surface area contributed by atoms with Crippen molar-refractivity contribution in [3.05, 3.63) is 102 Å². The van der Waals surface area contributed by atoms with E-state index in [0.29, 0.717) is 19.4 Å². The molecule has 0 bridgehead atoms. The van der Waals surface area contributed by atoms with Crippen molar-refractivity contribution < 1.29 is 29.0 Å². The number of aromatic hydroxyl groups is 1. The van der Waals surface area contributed by atoms with Gasteiger partial charge in [-0.3, -0.25) is 9.69 Å². The summed E-state index contributed by atoms with van der Waals surface area (Å²) in [6, 6.07) is 23.3. The molecule has 37 heavy (non-hydrogen) atoms. The second kappa shape index (κ2) is 12.6. The molecule has 3 aromatic carbocycles. The Bertz CT molecular complexity index is 1180. The predicted octanol–water partition coefficient (Wildman–Crippen LogP) is 3.96. The number of hydrogen-bond donors (Lipinski definition) is 2. The molecule has 1 heterocycles. The van der Waals surface area contributed by atoms with Crippen molar-refractivity contribution in [2.45, 2.75) is 44.6 Å². The minimum absolute atomic E-state index is 0.0724. The van der Waals surface area contributed by atoms with E-state index >= 15 is 0 Å². The fourth-order valence-electron chi connectivity index (χ4n) is 4.22. The first-order chi connectivity index (χ1) is 18.0. The number of esters is 1. The highest BCUT2D eigenvalue weighted by Crippen LogP contribution is 2.20. The fraction of sp³-hybridized carbons (Fsp3) is 0.276. The number of carbonyl (C=O) groups excluding carboxylic acids is 3. The van der Waals surface area contributed by atoms with Crippen LogP contribution >= 0.6 is 0 Å². The van der Waals surface area contributed by atoms with Crippen LogP contribution in [0, 0.1) is 0 Å². The first-order valence-electron chi connectivity index (χ1n) is 12.3. The zero-order valence-electron chi connectivity index (χ0n) is 20.4. The van der Waals surface area contributed by atoms with Crippen LogP contribution in [0.4, 0.5) is 4.79 Å². The van der Waals surface area contributed by atoms with Crippen LogP contribution in [-0.2, 0) is 38.7 Å². The zero-order valence-corrected chi connectivity index (χ0v) is 20.4. The van der Waals surface area contributed by atoms with E-state index in [1.807, 2.05) is 60.7 Å². The third-order valence-corrected chi connectivity index (χ3v) is 6.20.